The summed E-state index contributed by atoms with van der Waals surface area (Å²) >= 11 is 0. The lowest BCUT2D eigenvalue weighted by atomic mass is 10.0. The fourth-order valence-electron chi connectivity index (χ4n) is 1.87. The van der Waals surface area contributed by atoms with Crippen molar-refractivity contribution in [2.75, 3.05) is 7.11 Å². The van der Waals surface area contributed by atoms with Gasteiger partial charge < -0.3 is 15.4 Å². The van der Waals surface area contributed by atoms with E-state index in [1.54, 1.807) is 0 Å². The number of ether oxygens (including phenoxy) is 1. The van der Waals surface area contributed by atoms with Gasteiger partial charge in [0.05, 0.1) is 7.11 Å². The number of hydrogen-bond acceptors (Lipinski definition) is 4. The molecule has 0 aromatic heterocycles. The molecule has 0 bridgehead atoms. The number of nitrogens with one attached hydrogen (secondary N) is 2. The number of esters is 1. The molecular weight excluding hydrogens is 224 g/mol. The van der Waals surface area contributed by atoms with E-state index in [9.17, 15) is 14.4 Å². The molecule has 6 nitrogen and oxygen atoms in total. The molecule has 0 saturated carbocycles. The van der Waals surface area contributed by atoms with Gasteiger partial charge in [-0.3, -0.25) is 9.59 Å². The van der Waals surface area contributed by atoms with Crippen LogP contribution in [0.3, 0.4) is 0 Å². The van der Waals surface area contributed by atoms with E-state index < -0.39 is 18.1 Å². The van der Waals surface area contributed by atoms with Crippen molar-refractivity contribution in [3.05, 3.63) is 0 Å². The third-order valence-corrected chi connectivity index (χ3v) is 2.73. The average Bonchev–Trinajstić information content (AvgIpc) is 2.27. The van der Waals surface area contributed by atoms with E-state index in [1.807, 2.05) is 0 Å². The smallest absolute Gasteiger partial charge is 0.328 e. The summed E-state index contributed by atoms with van der Waals surface area (Å²) in [5, 5.41) is 5.17. The van der Waals surface area contributed by atoms with Crippen LogP contribution in [0.2, 0.25) is 0 Å². The minimum atomic E-state index is -0.607. The Balaban J connectivity index is 2.65. The Morgan fingerprint density at radius 3 is 2.59 bits per heavy atom. The Hall–Kier alpha value is -1.59. The second-order valence-corrected chi connectivity index (χ2v) is 4.12. The Labute approximate surface area is 100 Å². The van der Waals surface area contributed by atoms with Crippen LogP contribution in [-0.2, 0) is 19.1 Å². The first-order chi connectivity index (χ1) is 8.04. The lowest BCUT2D eigenvalue weighted by Gasteiger charge is -2.24. The van der Waals surface area contributed by atoms with Gasteiger partial charge in [0.2, 0.25) is 11.8 Å². The highest BCUT2D eigenvalue weighted by atomic mass is 16.5. The van der Waals surface area contributed by atoms with Crippen molar-refractivity contribution in [1.82, 2.24) is 10.6 Å². The Bertz CT molecular complexity index is 317. The maximum absolute atomic E-state index is 11.8. The maximum atomic E-state index is 11.8. The van der Waals surface area contributed by atoms with Crippen LogP contribution in [0.25, 0.3) is 0 Å². The molecule has 0 radical (unpaired) electrons. The summed E-state index contributed by atoms with van der Waals surface area (Å²) < 4.78 is 4.61. The van der Waals surface area contributed by atoms with Gasteiger partial charge in [0.25, 0.3) is 0 Å². The molecule has 0 spiro atoms. The van der Waals surface area contributed by atoms with E-state index in [4.69, 9.17) is 0 Å². The molecule has 1 aliphatic heterocycles. The van der Waals surface area contributed by atoms with Crippen LogP contribution in [0.15, 0.2) is 0 Å². The Kier molecular flexibility index (Phi) is 4.93. The van der Waals surface area contributed by atoms with E-state index in [0.29, 0.717) is 12.8 Å². The van der Waals surface area contributed by atoms with Gasteiger partial charge in [-0.1, -0.05) is 12.8 Å². The van der Waals surface area contributed by atoms with Crippen molar-refractivity contribution >= 4 is 17.8 Å². The fraction of sp³-hybridized carbons (Fsp3) is 0.727. The van der Waals surface area contributed by atoms with E-state index >= 15 is 0 Å². The number of rotatable bonds is 2. The molecule has 1 rings (SSSR count). The highest BCUT2D eigenvalue weighted by molar-refractivity contribution is 5.90. The van der Waals surface area contributed by atoms with Crippen molar-refractivity contribution < 1.29 is 19.1 Å². The van der Waals surface area contributed by atoms with E-state index in [1.165, 1.54) is 14.0 Å². The van der Waals surface area contributed by atoms with E-state index in [0.717, 1.165) is 12.8 Å². The number of methoxy groups -OCH3 is 1. The summed E-state index contributed by atoms with van der Waals surface area (Å²) in [5.41, 5.74) is 0. The molecule has 1 saturated heterocycles. The molecule has 96 valence electrons. The normalized spacial score (nSPS) is 25.2. The molecule has 2 amide bonds. The van der Waals surface area contributed by atoms with Gasteiger partial charge in [-0.05, 0) is 12.8 Å². The summed E-state index contributed by atoms with van der Waals surface area (Å²) in [7, 11) is 1.29. The van der Waals surface area contributed by atoms with Gasteiger partial charge in [0.1, 0.15) is 12.1 Å². The lowest BCUT2D eigenvalue weighted by molar-refractivity contribution is -0.145. The first-order valence-corrected chi connectivity index (χ1v) is 5.70. The van der Waals surface area contributed by atoms with Crippen LogP contribution in [0.5, 0.6) is 0 Å². The molecule has 2 atom stereocenters. The van der Waals surface area contributed by atoms with Gasteiger partial charge in [-0.25, -0.2) is 4.79 Å². The van der Waals surface area contributed by atoms with Crippen LogP contribution in [-0.4, -0.2) is 37.0 Å². The average molecular weight is 242 g/mol. The van der Waals surface area contributed by atoms with Crippen LogP contribution in [0, 0.1) is 0 Å². The highest BCUT2D eigenvalue weighted by Crippen LogP contribution is 2.12. The third kappa shape index (κ3) is 4.05. The van der Waals surface area contributed by atoms with Crippen LogP contribution in [0.1, 0.15) is 32.6 Å². The zero-order valence-electron chi connectivity index (χ0n) is 10.1. The first kappa shape index (κ1) is 13.5. The van der Waals surface area contributed by atoms with Crippen LogP contribution in [0.4, 0.5) is 0 Å². The molecule has 0 unspecified atom stereocenters. The highest BCUT2D eigenvalue weighted by Gasteiger charge is 2.28. The number of hydrogen-bond donors (Lipinski definition) is 2. The van der Waals surface area contributed by atoms with Crippen molar-refractivity contribution in [3.8, 4) is 0 Å². The molecule has 17 heavy (non-hydrogen) atoms. The maximum Gasteiger partial charge on any atom is 0.328 e. The minimum Gasteiger partial charge on any atom is -0.467 e. The topological polar surface area (TPSA) is 84.5 Å². The molecule has 6 heteroatoms. The van der Waals surface area contributed by atoms with E-state index in [2.05, 4.69) is 15.4 Å². The zero-order chi connectivity index (χ0) is 12.8. The molecule has 0 aliphatic carbocycles. The van der Waals surface area contributed by atoms with Gasteiger partial charge >= 0.3 is 5.97 Å². The quantitative estimate of drug-likeness (QED) is 0.652. The Morgan fingerprint density at radius 1 is 1.35 bits per heavy atom. The third-order valence-electron chi connectivity index (χ3n) is 2.73. The standard InChI is InChI=1S/C11H18N2O4/c1-7(14)12-8-5-3-4-6-9(11(16)17-2)13-10(8)15/h8-9H,3-6H2,1-2H3,(H,12,14)(H,13,15)/t8-,9-/m1/s1. The summed E-state index contributed by atoms with van der Waals surface area (Å²) in [6.07, 6.45) is 2.78. The fourth-order valence-corrected chi connectivity index (χ4v) is 1.87. The van der Waals surface area contributed by atoms with Crippen molar-refractivity contribution in [1.29, 1.82) is 0 Å². The second kappa shape index (κ2) is 6.22. The molecular formula is C11H18N2O4. The lowest BCUT2D eigenvalue weighted by Crippen LogP contribution is -2.52. The van der Waals surface area contributed by atoms with Crippen molar-refractivity contribution in [2.24, 2.45) is 0 Å². The number of carbonyl (C=O) groups excluding carboxylic acids is 3. The molecule has 0 aromatic rings. The Morgan fingerprint density at radius 2 is 2.00 bits per heavy atom. The molecule has 0 aromatic carbocycles. The largest absolute Gasteiger partial charge is 0.467 e. The zero-order valence-corrected chi connectivity index (χ0v) is 10.1. The van der Waals surface area contributed by atoms with Crippen molar-refractivity contribution in [2.45, 2.75) is 44.7 Å². The molecule has 1 heterocycles. The number of carbonyl (C=O) groups is 3. The van der Waals surface area contributed by atoms with Crippen LogP contribution >= 0.6 is 0 Å². The van der Waals surface area contributed by atoms with Gasteiger partial charge in [0, 0.05) is 6.92 Å². The van der Waals surface area contributed by atoms with Crippen molar-refractivity contribution in [3.63, 3.8) is 0 Å². The molecule has 1 fully saturated rings. The van der Waals surface area contributed by atoms with Gasteiger partial charge in [0.15, 0.2) is 0 Å². The van der Waals surface area contributed by atoms with E-state index in [-0.39, 0.29) is 11.8 Å². The monoisotopic (exact) mass is 242 g/mol. The SMILES string of the molecule is COC(=O)[C@H]1CCCC[C@@H](NC(C)=O)C(=O)N1. The minimum absolute atomic E-state index is 0.250. The van der Waals surface area contributed by atoms with Crippen LogP contribution < -0.4 is 10.6 Å². The predicted octanol–water partition coefficient (Wildman–Crippen LogP) is -0.277. The summed E-state index contributed by atoms with van der Waals surface area (Å²) in [6.45, 7) is 1.36. The second-order valence-electron chi connectivity index (χ2n) is 4.12. The molecule has 2 N–H and O–H groups in total. The van der Waals surface area contributed by atoms with Gasteiger partial charge in [-0.2, -0.15) is 0 Å². The summed E-state index contributed by atoms with van der Waals surface area (Å²) in [4.78, 5) is 34.1. The summed E-state index contributed by atoms with van der Waals surface area (Å²) in [5.74, 6) is -1.02. The number of amides is 2. The predicted molar refractivity (Wildman–Crippen MR) is 60.0 cm³/mol. The molecule has 1 aliphatic rings. The summed E-state index contributed by atoms with van der Waals surface area (Å²) in [6, 6.07) is -1.16. The first-order valence-electron chi connectivity index (χ1n) is 5.70. The van der Waals surface area contributed by atoms with Gasteiger partial charge in [-0.15, -0.1) is 0 Å².